The number of carbonyl (C=O) groups excluding carboxylic acids is 1. The number of hydrogen-bond acceptors (Lipinski definition) is 3. The van der Waals surface area contributed by atoms with Crippen LogP contribution in [0.25, 0.3) is 0 Å². The number of aromatic amines is 1. The maximum absolute atomic E-state index is 12.1. The maximum Gasteiger partial charge on any atom is 0.255 e. The molecule has 1 heterocycles. The maximum atomic E-state index is 12.1. The van der Waals surface area contributed by atoms with E-state index in [1.807, 2.05) is 24.3 Å². The van der Waals surface area contributed by atoms with Crippen molar-refractivity contribution in [1.82, 2.24) is 9.88 Å². The summed E-state index contributed by atoms with van der Waals surface area (Å²) >= 11 is 3.35. The molecule has 0 fully saturated rings. The van der Waals surface area contributed by atoms with Crippen molar-refractivity contribution in [2.24, 2.45) is 0 Å². The van der Waals surface area contributed by atoms with Gasteiger partial charge >= 0.3 is 0 Å². The van der Waals surface area contributed by atoms with Crippen molar-refractivity contribution in [3.63, 3.8) is 0 Å². The lowest BCUT2D eigenvalue weighted by Gasteiger charge is -2.17. The second-order valence-corrected chi connectivity index (χ2v) is 5.39. The summed E-state index contributed by atoms with van der Waals surface area (Å²) < 4.78 is 6.55. The van der Waals surface area contributed by atoms with Gasteiger partial charge in [0.05, 0.1) is 12.1 Å². The Balaban J connectivity index is 1.85. The fourth-order valence-corrected chi connectivity index (χ4v) is 1.96. The number of halogens is 1. The molecule has 1 N–H and O–H groups in total. The molecule has 6 heteroatoms. The van der Waals surface area contributed by atoms with Crippen LogP contribution in [0.5, 0.6) is 5.75 Å². The van der Waals surface area contributed by atoms with Gasteiger partial charge in [-0.25, -0.2) is 0 Å². The van der Waals surface area contributed by atoms with E-state index < -0.39 is 0 Å². The van der Waals surface area contributed by atoms with Gasteiger partial charge in [-0.3, -0.25) is 9.59 Å². The first kappa shape index (κ1) is 15.3. The van der Waals surface area contributed by atoms with Gasteiger partial charge in [-0.2, -0.15) is 0 Å². The van der Waals surface area contributed by atoms with E-state index in [1.54, 1.807) is 11.9 Å². The zero-order valence-electron chi connectivity index (χ0n) is 11.5. The predicted molar refractivity (Wildman–Crippen MR) is 83.7 cm³/mol. The van der Waals surface area contributed by atoms with Crippen molar-refractivity contribution in [3.05, 3.63) is 63.0 Å². The molecule has 1 amide bonds. The third-order valence-corrected chi connectivity index (χ3v) is 3.42. The molecule has 1 aromatic carbocycles. The molecule has 2 rings (SSSR count). The third kappa shape index (κ3) is 4.46. The summed E-state index contributed by atoms with van der Waals surface area (Å²) in [5.74, 6) is 0.591. The summed E-state index contributed by atoms with van der Waals surface area (Å²) in [6.45, 7) is 0.848. The van der Waals surface area contributed by atoms with Crippen molar-refractivity contribution >= 4 is 21.8 Å². The van der Waals surface area contributed by atoms with Crippen LogP contribution in [0.15, 0.2) is 51.9 Å². The molecule has 1 aromatic heterocycles. The number of carbonyl (C=O) groups is 1. The first-order chi connectivity index (χ1) is 10.1. The number of aromatic nitrogens is 1. The summed E-state index contributed by atoms with van der Waals surface area (Å²) in [5, 5.41) is 0. The number of pyridine rings is 1. The van der Waals surface area contributed by atoms with Gasteiger partial charge in [0, 0.05) is 23.8 Å². The van der Waals surface area contributed by atoms with Crippen molar-refractivity contribution < 1.29 is 9.53 Å². The average molecular weight is 351 g/mol. The number of nitrogens with zero attached hydrogens (tertiary/aromatic N) is 1. The van der Waals surface area contributed by atoms with E-state index in [0.717, 1.165) is 10.2 Å². The summed E-state index contributed by atoms with van der Waals surface area (Å²) in [6.07, 6.45) is 1.41. The predicted octanol–water partition coefficient (Wildman–Crippen LogP) is 2.29. The largest absolute Gasteiger partial charge is 0.492 e. The first-order valence-electron chi connectivity index (χ1n) is 6.39. The van der Waals surface area contributed by atoms with Crippen LogP contribution < -0.4 is 10.3 Å². The van der Waals surface area contributed by atoms with Crippen LogP contribution in [0, 0.1) is 0 Å². The van der Waals surface area contributed by atoms with Gasteiger partial charge in [0.15, 0.2) is 0 Å². The van der Waals surface area contributed by atoms with Crippen LogP contribution in [0.2, 0.25) is 0 Å². The Morgan fingerprint density at radius 1 is 1.24 bits per heavy atom. The van der Waals surface area contributed by atoms with Crippen LogP contribution in [-0.4, -0.2) is 36.0 Å². The van der Waals surface area contributed by atoms with Gasteiger partial charge < -0.3 is 14.6 Å². The number of ether oxygens (including phenoxy) is 1. The van der Waals surface area contributed by atoms with Gasteiger partial charge in [0.25, 0.3) is 5.91 Å². The number of benzene rings is 1. The Morgan fingerprint density at radius 2 is 1.95 bits per heavy atom. The second kappa shape index (κ2) is 7.08. The topological polar surface area (TPSA) is 62.4 Å². The average Bonchev–Trinajstić information content (AvgIpc) is 2.49. The molecule has 0 spiro atoms. The fourth-order valence-electron chi connectivity index (χ4n) is 1.70. The smallest absolute Gasteiger partial charge is 0.255 e. The Kier molecular flexibility index (Phi) is 5.16. The molecule has 2 aromatic rings. The highest BCUT2D eigenvalue weighted by molar-refractivity contribution is 9.10. The highest BCUT2D eigenvalue weighted by atomic mass is 79.9. The summed E-state index contributed by atoms with van der Waals surface area (Å²) in [7, 11) is 1.69. The van der Waals surface area contributed by atoms with Crippen molar-refractivity contribution in [3.8, 4) is 5.75 Å². The minimum absolute atomic E-state index is 0.161. The zero-order valence-corrected chi connectivity index (χ0v) is 13.1. The molecule has 21 heavy (non-hydrogen) atoms. The van der Waals surface area contributed by atoms with E-state index in [-0.39, 0.29) is 11.5 Å². The monoisotopic (exact) mass is 350 g/mol. The van der Waals surface area contributed by atoms with Gasteiger partial charge in [-0.15, -0.1) is 0 Å². The Labute approximate surface area is 130 Å². The van der Waals surface area contributed by atoms with E-state index in [2.05, 4.69) is 20.9 Å². The van der Waals surface area contributed by atoms with E-state index in [1.165, 1.54) is 18.3 Å². The lowest BCUT2D eigenvalue weighted by molar-refractivity contribution is 0.0773. The quantitative estimate of drug-likeness (QED) is 0.899. The minimum Gasteiger partial charge on any atom is -0.492 e. The Morgan fingerprint density at radius 3 is 2.57 bits per heavy atom. The van der Waals surface area contributed by atoms with Crippen LogP contribution in [0.1, 0.15) is 10.4 Å². The highest BCUT2D eigenvalue weighted by Crippen LogP contribution is 2.15. The zero-order chi connectivity index (χ0) is 15.2. The lowest BCUT2D eigenvalue weighted by atomic mass is 10.2. The van der Waals surface area contributed by atoms with E-state index >= 15 is 0 Å². The summed E-state index contributed by atoms with van der Waals surface area (Å²) in [4.78, 5) is 27.1. The van der Waals surface area contributed by atoms with Crippen LogP contribution >= 0.6 is 15.9 Å². The van der Waals surface area contributed by atoms with Crippen LogP contribution in [0.3, 0.4) is 0 Å². The minimum atomic E-state index is -0.229. The van der Waals surface area contributed by atoms with E-state index in [9.17, 15) is 9.59 Å². The molecule has 0 saturated heterocycles. The Hall–Kier alpha value is -2.08. The standard InChI is InChI=1S/C15H15BrN2O3/c1-18(15(20)11-2-7-14(19)17-10-11)8-9-21-13-5-3-12(16)4-6-13/h2-7,10H,8-9H2,1H3,(H,17,19). The van der Waals surface area contributed by atoms with Gasteiger partial charge in [0.2, 0.25) is 5.56 Å². The third-order valence-electron chi connectivity index (χ3n) is 2.89. The van der Waals surface area contributed by atoms with Crippen molar-refractivity contribution in [1.29, 1.82) is 0 Å². The molecular weight excluding hydrogens is 336 g/mol. The van der Waals surface area contributed by atoms with Crippen molar-refractivity contribution in [2.75, 3.05) is 20.2 Å². The molecule has 5 nitrogen and oxygen atoms in total. The Bertz CT molecular complexity index is 647. The summed E-state index contributed by atoms with van der Waals surface area (Å²) in [6, 6.07) is 10.3. The molecule has 0 atom stereocenters. The van der Waals surface area contributed by atoms with Gasteiger partial charge in [-0.05, 0) is 30.3 Å². The molecule has 0 unspecified atom stereocenters. The fraction of sp³-hybridized carbons (Fsp3) is 0.200. The SMILES string of the molecule is CN(CCOc1ccc(Br)cc1)C(=O)c1ccc(=O)[nH]c1. The number of H-pyrrole nitrogens is 1. The van der Waals surface area contributed by atoms with Crippen molar-refractivity contribution in [2.45, 2.75) is 0 Å². The lowest BCUT2D eigenvalue weighted by Crippen LogP contribution is -2.31. The molecule has 0 aliphatic carbocycles. The molecule has 0 radical (unpaired) electrons. The van der Waals surface area contributed by atoms with Crippen LogP contribution in [0.4, 0.5) is 0 Å². The number of hydrogen-bond donors (Lipinski definition) is 1. The molecular formula is C15H15BrN2O3. The summed E-state index contributed by atoms with van der Waals surface area (Å²) in [5.41, 5.74) is 0.216. The first-order valence-corrected chi connectivity index (χ1v) is 7.18. The molecule has 110 valence electrons. The second-order valence-electron chi connectivity index (χ2n) is 4.47. The normalized spacial score (nSPS) is 10.2. The molecule has 0 saturated carbocycles. The van der Waals surface area contributed by atoms with Gasteiger partial charge in [-0.1, -0.05) is 15.9 Å². The molecule has 0 aliphatic heterocycles. The highest BCUT2D eigenvalue weighted by Gasteiger charge is 2.11. The van der Waals surface area contributed by atoms with E-state index in [4.69, 9.17) is 4.74 Å². The van der Waals surface area contributed by atoms with Gasteiger partial charge in [0.1, 0.15) is 12.4 Å². The number of amides is 1. The van der Waals surface area contributed by atoms with Crippen LogP contribution in [-0.2, 0) is 0 Å². The molecule has 0 bridgehead atoms. The number of likely N-dealkylation sites (N-methyl/N-ethyl adjacent to an activating group) is 1. The van der Waals surface area contributed by atoms with E-state index in [0.29, 0.717) is 18.7 Å². The molecule has 0 aliphatic rings. The number of rotatable bonds is 5. The number of nitrogens with one attached hydrogen (secondary N) is 1.